The zero-order chi connectivity index (χ0) is 13.3. The summed E-state index contributed by atoms with van der Waals surface area (Å²) in [6.07, 6.45) is 1.66. The fourth-order valence-corrected chi connectivity index (χ4v) is 2.77. The van der Waals surface area contributed by atoms with E-state index in [0.29, 0.717) is 5.75 Å². The van der Waals surface area contributed by atoms with Crippen molar-refractivity contribution in [3.05, 3.63) is 58.3 Å². The number of carbonyl (C=O) groups is 1. The van der Waals surface area contributed by atoms with E-state index in [1.807, 2.05) is 35.7 Å². The first-order valence-corrected chi connectivity index (χ1v) is 7.85. The van der Waals surface area contributed by atoms with E-state index in [-0.39, 0.29) is 5.91 Å². The minimum atomic E-state index is -0.0752. The molecule has 0 atom stereocenters. The number of carbonyl (C=O) groups excluding carboxylic acids is 1. The first kappa shape index (κ1) is 13.8. The Balaban J connectivity index is 1.65. The number of hydrazone groups is 1. The van der Waals surface area contributed by atoms with E-state index in [1.165, 1.54) is 5.56 Å². The zero-order valence-corrected chi connectivity index (χ0v) is 11.9. The molecule has 1 aromatic carbocycles. The summed E-state index contributed by atoms with van der Waals surface area (Å²) < 4.78 is 0. The van der Waals surface area contributed by atoms with Crippen LogP contribution in [-0.4, -0.2) is 17.9 Å². The Hall–Kier alpha value is -1.59. The topological polar surface area (TPSA) is 41.5 Å². The number of nitrogens with one attached hydrogen (secondary N) is 1. The summed E-state index contributed by atoms with van der Waals surface area (Å²) in [5, 5.41) is 5.88. The van der Waals surface area contributed by atoms with Gasteiger partial charge in [-0.25, -0.2) is 5.43 Å². The van der Waals surface area contributed by atoms with Gasteiger partial charge in [-0.05, 0) is 17.0 Å². The molecule has 0 bridgehead atoms. The van der Waals surface area contributed by atoms with E-state index in [1.54, 1.807) is 29.3 Å². The van der Waals surface area contributed by atoms with E-state index in [0.717, 1.165) is 10.6 Å². The van der Waals surface area contributed by atoms with Crippen LogP contribution in [-0.2, 0) is 10.5 Å². The Morgan fingerprint density at radius 3 is 2.84 bits per heavy atom. The Morgan fingerprint density at radius 2 is 2.11 bits per heavy atom. The second-order valence-electron chi connectivity index (χ2n) is 3.79. The summed E-state index contributed by atoms with van der Waals surface area (Å²) in [6, 6.07) is 14.0. The highest BCUT2D eigenvalue weighted by molar-refractivity contribution is 7.99. The summed E-state index contributed by atoms with van der Waals surface area (Å²) in [4.78, 5) is 12.5. The maximum absolute atomic E-state index is 11.5. The molecule has 0 radical (unpaired) electrons. The SMILES string of the molecule is O=C(CSCc1ccccc1)N/N=C\c1cccs1. The summed E-state index contributed by atoms with van der Waals surface area (Å²) in [5.74, 6) is 1.17. The van der Waals surface area contributed by atoms with Crippen molar-refractivity contribution < 1.29 is 4.79 Å². The molecule has 0 aliphatic heterocycles. The first-order valence-electron chi connectivity index (χ1n) is 5.81. The zero-order valence-electron chi connectivity index (χ0n) is 10.3. The van der Waals surface area contributed by atoms with Crippen LogP contribution in [0.4, 0.5) is 0 Å². The van der Waals surface area contributed by atoms with E-state index < -0.39 is 0 Å². The molecule has 5 heteroatoms. The van der Waals surface area contributed by atoms with Crippen molar-refractivity contribution in [1.29, 1.82) is 0 Å². The Labute approximate surface area is 120 Å². The van der Waals surface area contributed by atoms with Crippen molar-refractivity contribution in [2.75, 3.05) is 5.75 Å². The van der Waals surface area contributed by atoms with E-state index in [2.05, 4.69) is 22.7 Å². The molecule has 0 saturated carbocycles. The lowest BCUT2D eigenvalue weighted by Crippen LogP contribution is -2.19. The minimum Gasteiger partial charge on any atom is -0.272 e. The van der Waals surface area contributed by atoms with Crippen LogP contribution in [0.3, 0.4) is 0 Å². The summed E-state index contributed by atoms with van der Waals surface area (Å²) in [6.45, 7) is 0. The molecule has 0 aliphatic carbocycles. The third-order valence-electron chi connectivity index (χ3n) is 2.27. The van der Waals surface area contributed by atoms with Gasteiger partial charge in [0.1, 0.15) is 0 Å². The van der Waals surface area contributed by atoms with E-state index in [4.69, 9.17) is 0 Å². The molecule has 1 amide bonds. The average Bonchev–Trinajstić information content (AvgIpc) is 2.93. The van der Waals surface area contributed by atoms with Gasteiger partial charge in [-0.3, -0.25) is 4.79 Å². The number of rotatable bonds is 6. The smallest absolute Gasteiger partial charge is 0.250 e. The Bertz CT molecular complexity index is 524. The lowest BCUT2D eigenvalue weighted by Gasteiger charge is -2.00. The highest BCUT2D eigenvalue weighted by Gasteiger charge is 2.00. The predicted molar refractivity (Wildman–Crippen MR) is 82.7 cm³/mol. The number of thioether (sulfide) groups is 1. The molecule has 0 fully saturated rings. The fraction of sp³-hybridized carbons (Fsp3) is 0.143. The fourth-order valence-electron chi connectivity index (χ4n) is 1.40. The predicted octanol–water partition coefficient (Wildman–Crippen LogP) is 3.13. The number of hydrogen-bond acceptors (Lipinski definition) is 4. The van der Waals surface area contributed by atoms with Gasteiger partial charge >= 0.3 is 0 Å². The van der Waals surface area contributed by atoms with Crippen LogP contribution >= 0.6 is 23.1 Å². The van der Waals surface area contributed by atoms with Crippen LogP contribution < -0.4 is 5.43 Å². The Morgan fingerprint density at radius 1 is 1.26 bits per heavy atom. The normalized spacial score (nSPS) is 10.7. The standard InChI is InChI=1S/C14H14N2OS2/c17-14(16-15-9-13-7-4-8-19-13)11-18-10-12-5-2-1-3-6-12/h1-9H,10-11H2,(H,16,17)/b15-9-. The van der Waals surface area contributed by atoms with Gasteiger partial charge in [-0.15, -0.1) is 23.1 Å². The maximum atomic E-state index is 11.5. The monoisotopic (exact) mass is 290 g/mol. The van der Waals surface area contributed by atoms with Gasteiger partial charge in [0.05, 0.1) is 12.0 Å². The largest absolute Gasteiger partial charge is 0.272 e. The second kappa shape index (κ2) is 7.76. The van der Waals surface area contributed by atoms with Crippen molar-refractivity contribution in [3.8, 4) is 0 Å². The molecule has 98 valence electrons. The molecule has 1 heterocycles. The number of amides is 1. The summed E-state index contributed by atoms with van der Waals surface area (Å²) in [5.41, 5.74) is 3.75. The van der Waals surface area contributed by atoms with E-state index in [9.17, 15) is 4.79 Å². The van der Waals surface area contributed by atoms with Crippen molar-refractivity contribution in [1.82, 2.24) is 5.43 Å². The highest BCUT2D eigenvalue weighted by Crippen LogP contribution is 2.11. The summed E-state index contributed by atoms with van der Waals surface area (Å²) >= 11 is 3.16. The molecular weight excluding hydrogens is 276 g/mol. The number of thiophene rings is 1. The van der Waals surface area contributed by atoms with Gasteiger partial charge in [0.15, 0.2) is 0 Å². The third kappa shape index (κ3) is 5.28. The highest BCUT2D eigenvalue weighted by atomic mass is 32.2. The van der Waals surface area contributed by atoms with Gasteiger partial charge in [0, 0.05) is 10.6 Å². The van der Waals surface area contributed by atoms with Crippen LogP contribution in [0.15, 0.2) is 52.9 Å². The molecule has 0 aliphatic rings. The average molecular weight is 290 g/mol. The number of hydrogen-bond donors (Lipinski definition) is 1. The van der Waals surface area contributed by atoms with Crippen molar-refractivity contribution in [2.24, 2.45) is 5.10 Å². The van der Waals surface area contributed by atoms with Gasteiger partial charge in [-0.2, -0.15) is 5.10 Å². The molecule has 3 nitrogen and oxygen atoms in total. The van der Waals surface area contributed by atoms with Crippen molar-refractivity contribution in [2.45, 2.75) is 5.75 Å². The molecule has 0 unspecified atom stereocenters. The van der Waals surface area contributed by atoms with Gasteiger partial charge in [0.2, 0.25) is 5.91 Å². The molecule has 1 N–H and O–H groups in total. The molecule has 1 aromatic heterocycles. The Kier molecular flexibility index (Phi) is 5.65. The second-order valence-corrected chi connectivity index (χ2v) is 5.75. The number of benzene rings is 1. The van der Waals surface area contributed by atoms with Crippen LogP contribution in [0.2, 0.25) is 0 Å². The van der Waals surface area contributed by atoms with Gasteiger partial charge < -0.3 is 0 Å². The molecule has 2 rings (SSSR count). The summed E-state index contributed by atoms with van der Waals surface area (Å²) in [7, 11) is 0. The van der Waals surface area contributed by atoms with Gasteiger partial charge in [-0.1, -0.05) is 36.4 Å². The first-order chi connectivity index (χ1) is 9.34. The van der Waals surface area contributed by atoms with Crippen LogP contribution in [0.5, 0.6) is 0 Å². The number of nitrogens with zero attached hydrogens (tertiary/aromatic N) is 1. The molecule has 0 saturated heterocycles. The molecular formula is C14H14N2OS2. The third-order valence-corrected chi connectivity index (χ3v) is 4.08. The van der Waals surface area contributed by atoms with Crippen molar-refractivity contribution >= 4 is 35.2 Å². The van der Waals surface area contributed by atoms with E-state index >= 15 is 0 Å². The molecule has 2 aromatic rings. The van der Waals surface area contributed by atoms with Crippen LogP contribution in [0, 0.1) is 0 Å². The van der Waals surface area contributed by atoms with Crippen molar-refractivity contribution in [3.63, 3.8) is 0 Å². The molecule has 0 spiro atoms. The lowest BCUT2D eigenvalue weighted by atomic mass is 10.2. The van der Waals surface area contributed by atoms with Crippen LogP contribution in [0.25, 0.3) is 0 Å². The molecule has 19 heavy (non-hydrogen) atoms. The quantitative estimate of drug-likeness (QED) is 0.656. The maximum Gasteiger partial charge on any atom is 0.250 e. The van der Waals surface area contributed by atoms with Crippen LogP contribution in [0.1, 0.15) is 10.4 Å². The minimum absolute atomic E-state index is 0.0752. The lowest BCUT2D eigenvalue weighted by molar-refractivity contribution is -0.118. The van der Waals surface area contributed by atoms with Gasteiger partial charge in [0.25, 0.3) is 0 Å².